The van der Waals surface area contributed by atoms with Crippen LogP contribution in [0.1, 0.15) is 13.8 Å². The molecule has 0 radical (unpaired) electrons. The fourth-order valence-corrected chi connectivity index (χ4v) is 2.00. The van der Waals surface area contributed by atoms with E-state index in [0.29, 0.717) is 0 Å². The van der Waals surface area contributed by atoms with Crippen molar-refractivity contribution in [2.75, 3.05) is 26.2 Å². The lowest BCUT2D eigenvalue weighted by Gasteiger charge is -2.35. The number of hydrogen-bond acceptors (Lipinski definition) is 2. The van der Waals surface area contributed by atoms with Gasteiger partial charge in [0.05, 0.1) is 0 Å². The zero-order chi connectivity index (χ0) is 7.84. The topological polar surface area (TPSA) is 15.3 Å². The second kappa shape index (κ2) is 2.76. The molecule has 64 valence electrons. The van der Waals surface area contributed by atoms with Gasteiger partial charge in [-0.2, -0.15) is 0 Å². The molecule has 0 aromatic rings. The van der Waals surface area contributed by atoms with Crippen LogP contribution in [-0.4, -0.2) is 37.1 Å². The van der Waals surface area contributed by atoms with E-state index >= 15 is 0 Å². The Morgan fingerprint density at radius 1 is 1.09 bits per heavy atom. The lowest BCUT2D eigenvalue weighted by atomic mass is 10.0. The Kier molecular flexibility index (Phi) is 1.90. The highest BCUT2D eigenvalue weighted by atomic mass is 15.2. The third-order valence-corrected chi connectivity index (χ3v) is 3.29. The number of nitrogens with zero attached hydrogens (tertiary/aromatic N) is 1. The Hall–Kier alpha value is -0.0800. The molecule has 0 bridgehead atoms. The Labute approximate surface area is 69.0 Å². The van der Waals surface area contributed by atoms with Crippen LogP contribution in [0.4, 0.5) is 0 Å². The molecule has 2 rings (SSSR count). The Balaban J connectivity index is 1.87. The van der Waals surface area contributed by atoms with Crippen molar-refractivity contribution in [3.63, 3.8) is 0 Å². The Morgan fingerprint density at radius 3 is 2.00 bits per heavy atom. The van der Waals surface area contributed by atoms with Gasteiger partial charge in [0.1, 0.15) is 0 Å². The molecule has 0 aliphatic carbocycles. The molecular formula is C9H18N2. The largest absolute Gasteiger partial charge is 0.314 e. The third kappa shape index (κ3) is 1.30. The van der Waals surface area contributed by atoms with E-state index in [1.54, 1.807) is 0 Å². The molecule has 2 fully saturated rings. The maximum atomic E-state index is 3.33. The number of hydrogen-bond donors (Lipinski definition) is 1. The monoisotopic (exact) mass is 154 g/mol. The van der Waals surface area contributed by atoms with Crippen LogP contribution in [0.25, 0.3) is 0 Å². The van der Waals surface area contributed by atoms with Gasteiger partial charge in [0.15, 0.2) is 0 Å². The zero-order valence-corrected chi connectivity index (χ0v) is 7.51. The van der Waals surface area contributed by atoms with Crippen LogP contribution >= 0.6 is 0 Å². The van der Waals surface area contributed by atoms with Crippen LogP contribution in [-0.2, 0) is 0 Å². The predicted molar refractivity (Wildman–Crippen MR) is 46.6 cm³/mol. The summed E-state index contributed by atoms with van der Waals surface area (Å²) in [5.41, 5.74) is 0. The average Bonchev–Trinajstić information content (AvgIpc) is 2.08. The molecule has 2 saturated heterocycles. The first kappa shape index (κ1) is 7.56. The van der Waals surface area contributed by atoms with Crippen molar-refractivity contribution >= 4 is 0 Å². The predicted octanol–water partition coefficient (Wildman–Crippen LogP) is 0.546. The highest BCUT2D eigenvalue weighted by molar-refractivity contribution is 4.90. The molecule has 0 saturated carbocycles. The second-order valence-electron chi connectivity index (χ2n) is 4.22. The van der Waals surface area contributed by atoms with Crippen molar-refractivity contribution in [2.45, 2.75) is 19.9 Å². The van der Waals surface area contributed by atoms with E-state index in [1.165, 1.54) is 26.2 Å². The van der Waals surface area contributed by atoms with Crippen molar-refractivity contribution in [1.29, 1.82) is 0 Å². The number of likely N-dealkylation sites (tertiary alicyclic amines) is 1. The van der Waals surface area contributed by atoms with Crippen molar-refractivity contribution < 1.29 is 0 Å². The first-order chi connectivity index (χ1) is 5.27. The molecule has 2 heteroatoms. The van der Waals surface area contributed by atoms with E-state index in [1.807, 2.05) is 0 Å². The molecule has 0 amide bonds. The molecule has 2 aliphatic rings. The summed E-state index contributed by atoms with van der Waals surface area (Å²) in [6.45, 7) is 9.84. The van der Waals surface area contributed by atoms with Crippen LogP contribution < -0.4 is 5.32 Å². The highest BCUT2D eigenvalue weighted by Crippen LogP contribution is 2.24. The minimum Gasteiger partial charge on any atom is -0.314 e. The zero-order valence-electron chi connectivity index (χ0n) is 7.51. The SMILES string of the molecule is CC1CN(C2CNC2)CC1C. The Bertz CT molecular complexity index is 132. The summed E-state index contributed by atoms with van der Waals surface area (Å²) in [6, 6.07) is 0.863. The van der Waals surface area contributed by atoms with Gasteiger partial charge < -0.3 is 5.32 Å². The van der Waals surface area contributed by atoms with Gasteiger partial charge in [-0.1, -0.05) is 13.8 Å². The molecule has 2 nitrogen and oxygen atoms in total. The van der Waals surface area contributed by atoms with E-state index in [9.17, 15) is 0 Å². The lowest BCUT2D eigenvalue weighted by molar-refractivity contribution is 0.172. The number of nitrogens with one attached hydrogen (secondary N) is 1. The average molecular weight is 154 g/mol. The molecule has 0 spiro atoms. The van der Waals surface area contributed by atoms with E-state index < -0.39 is 0 Å². The minimum atomic E-state index is 0.863. The van der Waals surface area contributed by atoms with Crippen LogP contribution in [0.3, 0.4) is 0 Å². The molecular weight excluding hydrogens is 136 g/mol. The summed E-state index contributed by atoms with van der Waals surface area (Å²) in [4.78, 5) is 2.64. The summed E-state index contributed by atoms with van der Waals surface area (Å²) in [7, 11) is 0. The van der Waals surface area contributed by atoms with Gasteiger partial charge in [-0.05, 0) is 11.8 Å². The lowest BCUT2D eigenvalue weighted by Crippen LogP contribution is -2.56. The van der Waals surface area contributed by atoms with Crippen LogP contribution in [0.5, 0.6) is 0 Å². The molecule has 11 heavy (non-hydrogen) atoms. The third-order valence-electron chi connectivity index (χ3n) is 3.29. The molecule has 2 heterocycles. The maximum absolute atomic E-state index is 3.33. The second-order valence-corrected chi connectivity index (χ2v) is 4.22. The smallest absolute Gasteiger partial charge is 0.0345 e. The first-order valence-electron chi connectivity index (χ1n) is 4.72. The van der Waals surface area contributed by atoms with E-state index in [0.717, 1.165) is 17.9 Å². The van der Waals surface area contributed by atoms with Crippen LogP contribution in [0.2, 0.25) is 0 Å². The fourth-order valence-electron chi connectivity index (χ4n) is 2.00. The molecule has 2 atom stereocenters. The summed E-state index contributed by atoms with van der Waals surface area (Å²) in [5.74, 6) is 1.83. The van der Waals surface area contributed by atoms with E-state index in [2.05, 4.69) is 24.1 Å². The van der Waals surface area contributed by atoms with Crippen molar-refractivity contribution in [3.05, 3.63) is 0 Å². The Morgan fingerprint density at radius 2 is 1.64 bits per heavy atom. The normalized spacial score (nSPS) is 40.9. The molecule has 1 N–H and O–H groups in total. The summed E-state index contributed by atoms with van der Waals surface area (Å²) in [5, 5.41) is 3.33. The van der Waals surface area contributed by atoms with Gasteiger partial charge in [0, 0.05) is 32.2 Å². The number of rotatable bonds is 1. The van der Waals surface area contributed by atoms with Gasteiger partial charge in [-0.15, -0.1) is 0 Å². The fraction of sp³-hybridized carbons (Fsp3) is 1.00. The van der Waals surface area contributed by atoms with Crippen LogP contribution in [0.15, 0.2) is 0 Å². The standard InChI is InChI=1S/C9H18N2/c1-7-5-11(6-8(7)2)9-3-10-4-9/h7-10H,3-6H2,1-2H3. The molecule has 0 aromatic heterocycles. The van der Waals surface area contributed by atoms with Crippen LogP contribution in [0, 0.1) is 11.8 Å². The maximum Gasteiger partial charge on any atom is 0.0345 e. The van der Waals surface area contributed by atoms with Crippen molar-refractivity contribution in [3.8, 4) is 0 Å². The van der Waals surface area contributed by atoms with Gasteiger partial charge in [0.25, 0.3) is 0 Å². The molecule has 2 aliphatic heterocycles. The van der Waals surface area contributed by atoms with Gasteiger partial charge in [0.2, 0.25) is 0 Å². The van der Waals surface area contributed by atoms with Gasteiger partial charge in [-0.3, -0.25) is 4.90 Å². The summed E-state index contributed by atoms with van der Waals surface area (Å²) >= 11 is 0. The molecule has 2 unspecified atom stereocenters. The minimum absolute atomic E-state index is 0.863. The first-order valence-corrected chi connectivity index (χ1v) is 4.72. The van der Waals surface area contributed by atoms with Gasteiger partial charge >= 0.3 is 0 Å². The van der Waals surface area contributed by atoms with Crippen molar-refractivity contribution in [2.24, 2.45) is 11.8 Å². The van der Waals surface area contributed by atoms with Crippen molar-refractivity contribution in [1.82, 2.24) is 10.2 Å². The quantitative estimate of drug-likeness (QED) is 0.593. The summed E-state index contributed by atoms with van der Waals surface area (Å²) in [6.07, 6.45) is 0. The van der Waals surface area contributed by atoms with E-state index in [-0.39, 0.29) is 0 Å². The summed E-state index contributed by atoms with van der Waals surface area (Å²) < 4.78 is 0. The van der Waals surface area contributed by atoms with Gasteiger partial charge in [-0.25, -0.2) is 0 Å². The van der Waals surface area contributed by atoms with E-state index in [4.69, 9.17) is 0 Å². The molecule has 0 aromatic carbocycles. The highest BCUT2D eigenvalue weighted by Gasteiger charge is 2.33.